The first-order chi connectivity index (χ1) is 15.8. The van der Waals surface area contributed by atoms with Crippen LogP contribution in [-0.2, 0) is 17.9 Å². The van der Waals surface area contributed by atoms with Crippen LogP contribution in [0.25, 0.3) is 0 Å². The Morgan fingerprint density at radius 3 is 2.67 bits per heavy atom. The summed E-state index contributed by atoms with van der Waals surface area (Å²) >= 11 is 0. The van der Waals surface area contributed by atoms with E-state index in [1.54, 1.807) is 10.6 Å². The van der Waals surface area contributed by atoms with Crippen molar-refractivity contribution < 1.29 is 18.3 Å². The minimum Gasteiger partial charge on any atom is -0.473 e. The molecule has 2 aliphatic heterocycles. The molecule has 8 nitrogen and oxygen atoms in total. The third-order valence-electron chi connectivity index (χ3n) is 6.97. The standard InChI is InChI=1S/C23H27F2N5O3/c24-17-5-4-15(10-18(17)25)14-33-19-11-20-29-9-8-28(12-16(29)13-30(20)22(32)27-19)21(31)23(26)6-2-1-3-7-23/h4-5,10-11,16H,1-3,6-9,12-14,26H2. The van der Waals surface area contributed by atoms with Gasteiger partial charge in [-0.15, -0.1) is 0 Å². The average molecular weight is 459 g/mol. The van der Waals surface area contributed by atoms with E-state index in [0.717, 1.165) is 44.2 Å². The van der Waals surface area contributed by atoms with Gasteiger partial charge in [0.1, 0.15) is 12.4 Å². The van der Waals surface area contributed by atoms with E-state index in [-0.39, 0.29) is 24.4 Å². The number of amides is 1. The summed E-state index contributed by atoms with van der Waals surface area (Å²) in [6, 6.07) is 5.15. The molecule has 1 unspecified atom stereocenters. The third-order valence-corrected chi connectivity index (χ3v) is 6.97. The number of aromatic nitrogens is 2. The predicted molar refractivity (Wildman–Crippen MR) is 117 cm³/mol. The van der Waals surface area contributed by atoms with Crippen LogP contribution in [0.2, 0.25) is 0 Å². The molecule has 0 bridgehead atoms. The maximum atomic E-state index is 13.4. The highest BCUT2D eigenvalue weighted by Gasteiger charge is 2.43. The summed E-state index contributed by atoms with van der Waals surface area (Å²) < 4.78 is 33.7. The normalized spacial score (nSPS) is 21.5. The van der Waals surface area contributed by atoms with Crippen molar-refractivity contribution in [2.24, 2.45) is 5.73 Å². The van der Waals surface area contributed by atoms with Crippen molar-refractivity contribution >= 4 is 11.7 Å². The zero-order chi connectivity index (χ0) is 23.2. The lowest BCUT2D eigenvalue weighted by molar-refractivity contribution is -0.139. The van der Waals surface area contributed by atoms with E-state index in [2.05, 4.69) is 9.88 Å². The van der Waals surface area contributed by atoms with E-state index >= 15 is 0 Å². The van der Waals surface area contributed by atoms with Crippen LogP contribution in [0.3, 0.4) is 0 Å². The number of carbonyl (C=O) groups excluding carboxylic acids is 1. The molecule has 1 amide bonds. The van der Waals surface area contributed by atoms with Gasteiger partial charge in [0.25, 0.3) is 0 Å². The first-order valence-corrected chi connectivity index (χ1v) is 11.4. The number of ether oxygens (including phenoxy) is 1. The van der Waals surface area contributed by atoms with Crippen LogP contribution in [0.1, 0.15) is 37.7 Å². The van der Waals surface area contributed by atoms with Crippen molar-refractivity contribution in [1.29, 1.82) is 0 Å². The van der Waals surface area contributed by atoms with Gasteiger partial charge < -0.3 is 20.3 Å². The van der Waals surface area contributed by atoms with Gasteiger partial charge in [0.05, 0.1) is 18.1 Å². The molecule has 0 radical (unpaired) electrons. The van der Waals surface area contributed by atoms with Gasteiger partial charge in [-0.05, 0) is 30.5 Å². The van der Waals surface area contributed by atoms with Crippen LogP contribution in [0.4, 0.5) is 14.6 Å². The summed E-state index contributed by atoms with van der Waals surface area (Å²) in [6.07, 6.45) is 4.52. The monoisotopic (exact) mass is 459 g/mol. The summed E-state index contributed by atoms with van der Waals surface area (Å²) in [5, 5.41) is 0. The van der Waals surface area contributed by atoms with Crippen LogP contribution in [0.15, 0.2) is 29.1 Å². The molecule has 2 fully saturated rings. The SMILES string of the molecule is NC1(C(=O)N2CCN3c4cc(OCc5ccc(F)c(F)c5)nc(=O)n4CC3C2)CCCCC1. The molecule has 1 atom stereocenters. The second-order valence-electron chi connectivity index (χ2n) is 9.20. The lowest BCUT2D eigenvalue weighted by atomic mass is 9.81. The Morgan fingerprint density at radius 2 is 1.91 bits per heavy atom. The lowest BCUT2D eigenvalue weighted by Gasteiger charge is -2.43. The van der Waals surface area contributed by atoms with Crippen molar-refractivity contribution in [2.75, 3.05) is 24.5 Å². The van der Waals surface area contributed by atoms with Crippen LogP contribution in [0, 0.1) is 11.6 Å². The molecule has 33 heavy (non-hydrogen) atoms. The summed E-state index contributed by atoms with van der Waals surface area (Å²) in [7, 11) is 0. The van der Waals surface area contributed by atoms with Gasteiger partial charge in [-0.3, -0.25) is 9.36 Å². The molecule has 3 heterocycles. The number of benzene rings is 1. The molecule has 1 saturated carbocycles. The molecule has 1 aliphatic carbocycles. The fraction of sp³-hybridized carbons (Fsp3) is 0.522. The Kier molecular flexibility index (Phi) is 5.55. The molecule has 2 aromatic rings. The number of piperazine rings is 1. The van der Waals surface area contributed by atoms with Crippen LogP contribution in [0.5, 0.6) is 5.88 Å². The fourth-order valence-electron chi connectivity index (χ4n) is 5.16. The summed E-state index contributed by atoms with van der Waals surface area (Å²) in [6.45, 7) is 2.02. The highest BCUT2D eigenvalue weighted by Crippen LogP contribution is 2.32. The second kappa shape index (κ2) is 8.40. The Labute approximate surface area is 189 Å². The second-order valence-corrected chi connectivity index (χ2v) is 9.20. The topological polar surface area (TPSA) is 93.7 Å². The third kappa shape index (κ3) is 4.07. The van der Waals surface area contributed by atoms with Crippen molar-refractivity contribution in [1.82, 2.24) is 14.5 Å². The van der Waals surface area contributed by atoms with Crippen molar-refractivity contribution in [3.63, 3.8) is 0 Å². The smallest absolute Gasteiger partial charge is 0.352 e. The van der Waals surface area contributed by atoms with Crippen molar-refractivity contribution in [3.05, 3.63) is 51.9 Å². The predicted octanol–water partition coefficient (Wildman–Crippen LogP) is 1.79. The Balaban J connectivity index is 1.29. The van der Waals surface area contributed by atoms with Gasteiger partial charge >= 0.3 is 5.69 Å². The Hall–Kier alpha value is -3.01. The van der Waals surface area contributed by atoms with Gasteiger partial charge in [0.2, 0.25) is 11.8 Å². The maximum Gasteiger partial charge on any atom is 0.352 e. The highest BCUT2D eigenvalue weighted by molar-refractivity contribution is 5.86. The number of fused-ring (bicyclic) bond motifs is 3. The first kappa shape index (κ1) is 21.8. The summed E-state index contributed by atoms with van der Waals surface area (Å²) in [4.78, 5) is 33.7. The molecule has 3 aliphatic rings. The number of hydrogen-bond donors (Lipinski definition) is 1. The molecule has 1 saturated heterocycles. The fourth-order valence-corrected chi connectivity index (χ4v) is 5.16. The van der Waals surface area contributed by atoms with E-state index in [4.69, 9.17) is 10.5 Å². The van der Waals surface area contributed by atoms with Crippen LogP contribution < -0.4 is 21.1 Å². The quantitative estimate of drug-likeness (QED) is 0.750. The Bertz CT molecular complexity index is 1130. The van der Waals surface area contributed by atoms with E-state index in [0.29, 0.717) is 37.6 Å². The zero-order valence-electron chi connectivity index (χ0n) is 18.3. The zero-order valence-corrected chi connectivity index (χ0v) is 18.3. The van der Waals surface area contributed by atoms with Crippen LogP contribution >= 0.6 is 0 Å². The largest absolute Gasteiger partial charge is 0.473 e. The summed E-state index contributed by atoms with van der Waals surface area (Å²) in [5.41, 5.74) is 5.68. The number of rotatable bonds is 4. The minimum absolute atomic E-state index is 0.0128. The van der Waals surface area contributed by atoms with E-state index in [1.807, 2.05) is 4.90 Å². The van der Waals surface area contributed by atoms with E-state index < -0.39 is 22.9 Å². The van der Waals surface area contributed by atoms with E-state index in [9.17, 15) is 18.4 Å². The number of carbonyl (C=O) groups is 1. The van der Waals surface area contributed by atoms with Gasteiger partial charge in [-0.25, -0.2) is 13.6 Å². The molecule has 2 N–H and O–H groups in total. The van der Waals surface area contributed by atoms with E-state index in [1.165, 1.54) is 6.07 Å². The van der Waals surface area contributed by atoms with Gasteiger partial charge in [-0.1, -0.05) is 25.3 Å². The molecule has 1 aromatic carbocycles. The molecule has 1 aromatic heterocycles. The van der Waals surface area contributed by atoms with Crippen LogP contribution in [-0.4, -0.2) is 51.6 Å². The first-order valence-electron chi connectivity index (χ1n) is 11.4. The maximum absolute atomic E-state index is 13.4. The number of halogens is 2. The molecule has 176 valence electrons. The van der Waals surface area contributed by atoms with Gasteiger partial charge in [-0.2, -0.15) is 4.98 Å². The molecular weight excluding hydrogens is 432 g/mol. The minimum atomic E-state index is -0.958. The summed E-state index contributed by atoms with van der Waals surface area (Å²) in [5.74, 6) is -1.06. The van der Waals surface area contributed by atoms with Gasteiger partial charge in [0.15, 0.2) is 11.6 Å². The molecule has 10 heteroatoms. The molecular formula is C23H27F2N5O3. The highest BCUT2D eigenvalue weighted by atomic mass is 19.2. The van der Waals surface area contributed by atoms with Crippen molar-refractivity contribution in [2.45, 2.75) is 56.8 Å². The number of anilines is 1. The lowest BCUT2D eigenvalue weighted by Crippen LogP contribution is -2.62. The molecule has 0 spiro atoms. The van der Waals surface area contributed by atoms with Crippen molar-refractivity contribution in [3.8, 4) is 5.88 Å². The van der Waals surface area contributed by atoms with Gasteiger partial charge in [0, 0.05) is 25.7 Å². The average Bonchev–Trinajstić information content (AvgIpc) is 3.18. The number of nitrogens with two attached hydrogens (primary N) is 1. The Morgan fingerprint density at radius 1 is 1.12 bits per heavy atom. The number of hydrogen-bond acceptors (Lipinski definition) is 6. The molecule has 5 rings (SSSR count). The number of nitrogens with zero attached hydrogens (tertiary/aromatic N) is 4.